The average molecular weight is 405 g/mol. The highest BCUT2D eigenvalue weighted by atomic mass is 35.5. The number of fused-ring (bicyclic) bond motifs is 1. The van der Waals surface area contributed by atoms with Gasteiger partial charge in [-0.25, -0.2) is 4.98 Å². The first-order chi connectivity index (χ1) is 12.1. The molecule has 1 amide bonds. The maximum atomic E-state index is 12.5. The SMILES string of the molecule is O=C(Nc1cccc(Cl)c1Cl)c1ccc(-c2nc3ccccc3s2)s1. The van der Waals surface area contributed by atoms with Crippen LogP contribution in [0, 0.1) is 0 Å². The number of hydrogen-bond acceptors (Lipinski definition) is 4. The van der Waals surface area contributed by atoms with Gasteiger partial charge < -0.3 is 5.32 Å². The number of halogens is 2. The normalized spacial score (nSPS) is 11.0. The number of anilines is 1. The van der Waals surface area contributed by atoms with Crippen LogP contribution >= 0.6 is 45.9 Å². The van der Waals surface area contributed by atoms with Crippen LogP contribution in [0.25, 0.3) is 20.1 Å². The van der Waals surface area contributed by atoms with E-state index in [0.717, 1.165) is 20.1 Å². The van der Waals surface area contributed by atoms with Crippen LogP contribution in [-0.2, 0) is 0 Å². The zero-order chi connectivity index (χ0) is 17.4. The van der Waals surface area contributed by atoms with Crippen molar-refractivity contribution in [2.45, 2.75) is 0 Å². The Labute approximate surface area is 161 Å². The topological polar surface area (TPSA) is 42.0 Å². The van der Waals surface area contributed by atoms with Gasteiger partial charge in [0.05, 0.1) is 35.7 Å². The van der Waals surface area contributed by atoms with Crippen molar-refractivity contribution >= 4 is 67.7 Å². The van der Waals surface area contributed by atoms with E-state index in [1.54, 1.807) is 35.6 Å². The molecule has 7 heteroatoms. The van der Waals surface area contributed by atoms with E-state index < -0.39 is 0 Å². The Balaban J connectivity index is 1.60. The minimum atomic E-state index is -0.221. The molecule has 2 aromatic heterocycles. The maximum absolute atomic E-state index is 12.5. The van der Waals surface area contributed by atoms with Gasteiger partial charge in [0.15, 0.2) is 0 Å². The maximum Gasteiger partial charge on any atom is 0.265 e. The average Bonchev–Trinajstić information content (AvgIpc) is 3.25. The highest BCUT2D eigenvalue weighted by molar-refractivity contribution is 7.26. The third-order valence-corrected chi connectivity index (χ3v) is 6.64. The molecule has 0 spiro atoms. The van der Waals surface area contributed by atoms with Crippen LogP contribution in [0.2, 0.25) is 10.0 Å². The summed E-state index contributed by atoms with van der Waals surface area (Å²) < 4.78 is 1.13. The van der Waals surface area contributed by atoms with Crippen LogP contribution in [-0.4, -0.2) is 10.9 Å². The van der Waals surface area contributed by atoms with Crippen LogP contribution in [0.3, 0.4) is 0 Å². The quantitative estimate of drug-likeness (QED) is 0.418. The Morgan fingerprint density at radius 1 is 0.960 bits per heavy atom. The number of amides is 1. The number of benzene rings is 2. The number of carbonyl (C=O) groups excluding carboxylic acids is 1. The lowest BCUT2D eigenvalue weighted by Gasteiger charge is -2.06. The smallest absolute Gasteiger partial charge is 0.265 e. The zero-order valence-corrected chi connectivity index (χ0v) is 15.8. The Hall–Kier alpha value is -1.92. The second-order valence-corrected chi connectivity index (χ2v) is 8.11. The van der Waals surface area contributed by atoms with E-state index in [4.69, 9.17) is 23.2 Å². The Kier molecular flexibility index (Phi) is 4.48. The molecule has 0 bridgehead atoms. The molecule has 0 aliphatic rings. The first-order valence-electron chi connectivity index (χ1n) is 7.33. The molecule has 0 unspecified atom stereocenters. The lowest BCUT2D eigenvalue weighted by atomic mass is 10.3. The molecular weight excluding hydrogens is 395 g/mol. The van der Waals surface area contributed by atoms with Crippen LogP contribution in [0.15, 0.2) is 54.6 Å². The summed E-state index contributed by atoms with van der Waals surface area (Å²) in [5, 5.41) is 4.44. The lowest BCUT2D eigenvalue weighted by molar-refractivity contribution is 0.103. The number of nitrogens with one attached hydrogen (secondary N) is 1. The number of thiazole rings is 1. The van der Waals surface area contributed by atoms with Crippen molar-refractivity contribution in [3.8, 4) is 9.88 Å². The van der Waals surface area contributed by atoms with Gasteiger partial charge in [0.1, 0.15) is 5.01 Å². The Morgan fingerprint density at radius 2 is 1.80 bits per heavy atom. The number of aromatic nitrogens is 1. The third-order valence-electron chi connectivity index (χ3n) is 3.53. The van der Waals surface area contributed by atoms with Gasteiger partial charge in [-0.3, -0.25) is 4.79 Å². The van der Waals surface area contributed by atoms with Crippen LogP contribution in [0.5, 0.6) is 0 Å². The van der Waals surface area contributed by atoms with Gasteiger partial charge in [0, 0.05) is 0 Å². The predicted molar refractivity (Wildman–Crippen MR) is 107 cm³/mol. The highest BCUT2D eigenvalue weighted by Gasteiger charge is 2.15. The summed E-state index contributed by atoms with van der Waals surface area (Å²) in [6, 6.07) is 16.8. The van der Waals surface area contributed by atoms with E-state index in [1.807, 2.05) is 30.3 Å². The largest absolute Gasteiger partial charge is 0.320 e. The van der Waals surface area contributed by atoms with E-state index >= 15 is 0 Å². The minimum absolute atomic E-state index is 0.221. The molecule has 0 saturated heterocycles. The summed E-state index contributed by atoms with van der Waals surface area (Å²) in [5.74, 6) is -0.221. The molecule has 0 aliphatic carbocycles. The Morgan fingerprint density at radius 3 is 2.64 bits per heavy atom. The van der Waals surface area contributed by atoms with E-state index in [-0.39, 0.29) is 5.91 Å². The van der Waals surface area contributed by atoms with Crippen molar-refractivity contribution < 1.29 is 4.79 Å². The molecule has 25 heavy (non-hydrogen) atoms. The molecule has 2 aromatic carbocycles. The van der Waals surface area contributed by atoms with Crippen LogP contribution in [0.4, 0.5) is 5.69 Å². The summed E-state index contributed by atoms with van der Waals surface area (Å²) in [6.45, 7) is 0. The number of carbonyl (C=O) groups is 1. The molecule has 0 aliphatic heterocycles. The number of nitrogens with zero attached hydrogens (tertiary/aromatic N) is 1. The number of rotatable bonds is 3. The lowest BCUT2D eigenvalue weighted by Crippen LogP contribution is -2.10. The first kappa shape index (κ1) is 16.5. The molecule has 3 nitrogen and oxygen atoms in total. The summed E-state index contributed by atoms with van der Waals surface area (Å²) in [5.41, 5.74) is 1.46. The van der Waals surface area contributed by atoms with Crippen molar-refractivity contribution in [1.29, 1.82) is 0 Å². The van der Waals surface area contributed by atoms with Gasteiger partial charge in [0.2, 0.25) is 0 Å². The summed E-state index contributed by atoms with van der Waals surface area (Å²) in [7, 11) is 0. The fourth-order valence-corrected chi connectivity index (χ4v) is 4.61. The molecule has 4 rings (SSSR count). The van der Waals surface area contributed by atoms with Gasteiger partial charge in [0.25, 0.3) is 5.91 Å². The van der Waals surface area contributed by atoms with Crippen molar-refractivity contribution in [2.75, 3.05) is 5.32 Å². The molecule has 2 heterocycles. The van der Waals surface area contributed by atoms with Gasteiger partial charge in [-0.15, -0.1) is 22.7 Å². The molecular formula is C18H10Cl2N2OS2. The Bertz CT molecular complexity index is 1050. The number of hydrogen-bond donors (Lipinski definition) is 1. The molecule has 1 N–H and O–H groups in total. The van der Waals surface area contributed by atoms with Crippen molar-refractivity contribution in [3.05, 3.63) is 69.5 Å². The van der Waals surface area contributed by atoms with E-state index in [1.165, 1.54) is 11.3 Å². The van der Waals surface area contributed by atoms with Crippen molar-refractivity contribution in [2.24, 2.45) is 0 Å². The zero-order valence-electron chi connectivity index (χ0n) is 12.6. The molecule has 0 fully saturated rings. The predicted octanol–water partition coefficient (Wildman–Crippen LogP) is 6.58. The molecule has 124 valence electrons. The monoisotopic (exact) mass is 404 g/mol. The molecule has 0 radical (unpaired) electrons. The molecule has 0 atom stereocenters. The van der Waals surface area contributed by atoms with Gasteiger partial charge in [-0.1, -0.05) is 41.4 Å². The minimum Gasteiger partial charge on any atom is -0.320 e. The summed E-state index contributed by atoms with van der Waals surface area (Å²) >= 11 is 15.1. The van der Waals surface area contributed by atoms with E-state index in [0.29, 0.717) is 20.6 Å². The standard InChI is InChI=1S/C18H10Cl2N2OS2/c19-10-4-3-6-12(16(10)20)21-17(23)14-8-9-15(24-14)18-22-11-5-1-2-7-13(11)25-18/h1-9H,(H,21,23). The van der Waals surface area contributed by atoms with Gasteiger partial charge in [-0.05, 0) is 36.4 Å². The number of thiophene rings is 1. The highest BCUT2D eigenvalue weighted by Crippen LogP contribution is 2.35. The molecule has 4 aromatic rings. The fraction of sp³-hybridized carbons (Fsp3) is 0. The van der Waals surface area contributed by atoms with Crippen LogP contribution in [0.1, 0.15) is 9.67 Å². The van der Waals surface area contributed by atoms with E-state index in [2.05, 4.69) is 10.3 Å². The van der Waals surface area contributed by atoms with Gasteiger partial charge >= 0.3 is 0 Å². The van der Waals surface area contributed by atoms with Crippen molar-refractivity contribution in [1.82, 2.24) is 4.98 Å². The summed E-state index contributed by atoms with van der Waals surface area (Å²) in [6.07, 6.45) is 0. The fourth-order valence-electron chi connectivity index (χ4n) is 2.34. The van der Waals surface area contributed by atoms with E-state index in [9.17, 15) is 4.79 Å². The van der Waals surface area contributed by atoms with Crippen molar-refractivity contribution in [3.63, 3.8) is 0 Å². The third kappa shape index (κ3) is 3.28. The van der Waals surface area contributed by atoms with Crippen LogP contribution < -0.4 is 5.32 Å². The second kappa shape index (κ2) is 6.77. The second-order valence-electron chi connectivity index (χ2n) is 5.21. The number of para-hydroxylation sites is 1. The summed E-state index contributed by atoms with van der Waals surface area (Å²) in [4.78, 5) is 18.6. The first-order valence-corrected chi connectivity index (χ1v) is 9.72. The molecule has 0 saturated carbocycles. The van der Waals surface area contributed by atoms with Gasteiger partial charge in [-0.2, -0.15) is 0 Å².